The molecule has 0 saturated carbocycles. The van der Waals surface area contributed by atoms with E-state index in [0.717, 1.165) is 38.5 Å². The summed E-state index contributed by atoms with van der Waals surface area (Å²) >= 11 is 0. The molecular formula is C13H28O2. The van der Waals surface area contributed by atoms with Crippen LogP contribution in [-0.2, 0) is 0 Å². The maximum atomic E-state index is 9.78. The van der Waals surface area contributed by atoms with E-state index >= 15 is 0 Å². The van der Waals surface area contributed by atoms with Crippen molar-refractivity contribution in [3.05, 3.63) is 0 Å². The van der Waals surface area contributed by atoms with Crippen molar-refractivity contribution in [1.29, 1.82) is 0 Å². The summed E-state index contributed by atoms with van der Waals surface area (Å²) in [6.45, 7) is 6.85. The first-order chi connectivity index (χ1) is 7.10. The maximum Gasteiger partial charge on any atom is 0.0542 e. The predicted molar refractivity (Wildman–Crippen MR) is 64.8 cm³/mol. The third-order valence-corrected chi connectivity index (χ3v) is 3.22. The average Bonchev–Trinajstić information content (AvgIpc) is 2.23. The van der Waals surface area contributed by atoms with Gasteiger partial charge in [-0.3, -0.25) is 0 Å². The fourth-order valence-electron chi connectivity index (χ4n) is 1.81. The highest BCUT2D eigenvalue weighted by molar-refractivity contribution is 4.63. The van der Waals surface area contributed by atoms with Crippen molar-refractivity contribution in [3.8, 4) is 0 Å². The summed E-state index contributed by atoms with van der Waals surface area (Å²) in [5.41, 5.74) is 0. The minimum atomic E-state index is -0.128. The lowest BCUT2D eigenvalue weighted by Crippen LogP contribution is -2.12. The molecule has 0 aromatic carbocycles. The molecule has 0 radical (unpaired) electrons. The van der Waals surface area contributed by atoms with E-state index in [-0.39, 0.29) is 6.10 Å². The van der Waals surface area contributed by atoms with Gasteiger partial charge in [0.1, 0.15) is 0 Å². The van der Waals surface area contributed by atoms with Crippen molar-refractivity contribution in [2.24, 2.45) is 11.8 Å². The molecule has 2 heteroatoms. The topological polar surface area (TPSA) is 40.5 Å². The second kappa shape index (κ2) is 9.17. The van der Waals surface area contributed by atoms with Crippen LogP contribution in [0.25, 0.3) is 0 Å². The molecule has 0 spiro atoms. The molecular weight excluding hydrogens is 188 g/mol. The minimum Gasteiger partial charge on any atom is -0.396 e. The van der Waals surface area contributed by atoms with E-state index in [0.29, 0.717) is 18.4 Å². The zero-order valence-corrected chi connectivity index (χ0v) is 10.6. The van der Waals surface area contributed by atoms with Gasteiger partial charge in [-0.1, -0.05) is 27.2 Å². The Hall–Kier alpha value is -0.0800. The largest absolute Gasteiger partial charge is 0.396 e. The smallest absolute Gasteiger partial charge is 0.0542 e. The molecule has 0 saturated heterocycles. The van der Waals surface area contributed by atoms with E-state index in [1.54, 1.807) is 0 Å². The zero-order valence-electron chi connectivity index (χ0n) is 10.6. The lowest BCUT2D eigenvalue weighted by Gasteiger charge is -2.17. The van der Waals surface area contributed by atoms with Gasteiger partial charge >= 0.3 is 0 Å². The third kappa shape index (κ3) is 8.88. The molecule has 15 heavy (non-hydrogen) atoms. The van der Waals surface area contributed by atoms with Crippen molar-refractivity contribution in [2.45, 2.75) is 65.4 Å². The predicted octanol–water partition coefficient (Wildman–Crippen LogP) is 2.97. The fourth-order valence-corrected chi connectivity index (χ4v) is 1.81. The van der Waals surface area contributed by atoms with Gasteiger partial charge in [0.2, 0.25) is 0 Å². The molecule has 0 fully saturated rings. The monoisotopic (exact) mass is 216 g/mol. The summed E-state index contributed by atoms with van der Waals surface area (Å²) in [6.07, 6.45) is 5.92. The summed E-state index contributed by atoms with van der Waals surface area (Å²) in [5, 5.41) is 18.5. The molecule has 0 rings (SSSR count). The van der Waals surface area contributed by atoms with Gasteiger partial charge in [0.15, 0.2) is 0 Å². The molecule has 0 heterocycles. The van der Waals surface area contributed by atoms with Gasteiger partial charge < -0.3 is 10.2 Å². The zero-order chi connectivity index (χ0) is 11.7. The standard InChI is InChI=1S/C13H28O2/c1-4-11(2)10-13(15)8-7-12(3)6-5-9-14/h11-15H,4-10H2,1-3H3. The molecule has 3 unspecified atom stereocenters. The SMILES string of the molecule is CCC(C)CC(O)CCC(C)CCCO. The summed E-state index contributed by atoms with van der Waals surface area (Å²) < 4.78 is 0. The Morgan fingerprint density at radius 3 is 2.20 bits per heavy atom. The van der Waals surface area contributed by atoms with E-state index in [9.17, 15) is 5.11 Å². The van der Waals surface area contributed by atoms with E-state index in [2.05, 4.69) is 20.8 Å². The van der Waals surface area contributed by atoms with Gasteiger partial charge in [-0.15, -0.1) is 0 Å². The van der Waals surface area contributed by atoms with Crippen LogP contribution in [0.5, 0.6) is 0 Å². The van der Waals surface area contributed by atoms with E-state index in [1.807, 2.05) is 0 Å². The van der Waals surface area contributed by atoms with Crippen LogP contribution in [0.4, 0.5) is 0 Å². The highest BCUT2D eigenvalue weighted by Gasteiger charge is 2.10. The minimum absolute atomic E-state index is 0.128. The van der Waals surface area contributed by atoms with Crippen molar-refractivity contribution < 1.29 is 10.2 Å². The van der Waals surface area contributed by atoms with Crippen LogP contribution in [0.1, 0.15) is 59.3 Å². The number of hydrogen-bond acceptors (Lipinski definition) is 2. The highest BCUT2D eigenvalue weighted by Crippen LogP contribution is 2.18. The summed E-state index contributed by atoms with van der Waals surface area (Å²) in [4.78, 5) is 0. The number of hydrogen-bond donors (Lipinski definition) is 2. The molecule has 2 N–H and O–H groups in total. The Labute approximate surface area is 94.7 Å². The Bertz CT molecular complexity index is 136. The molecule has 2 nitrogen and oxygen atoms in total. The van der Waals surface area contributed by atoms with Crippen LogP contribution in [0.2, 0.25) is 0 Å². The van der Waals surface area contributed by atoms with Gasteiger partial charge in [0, 0.05) is 6.61 Å². The lowest BCUT2D eigenvalue weighted by molar-refractivity contribution is 0.126. The molecule has 3 atom stereocenters. The molecule has 0 aliphatic rings. The molecule has 92 valence electrons. The Kier molecular flexibility index (Phi) is 9.12. The Morgan fingerprint density at radius 2 is 1.67 bits per heavy atom. The van der Waals surface area contributed by atoms with Crippen molar-refractivity contribution in [1.82, 2.24) is 0 Å². The van der Waals surface area contributed by atoms with Crippen molar-refractivity contribution in [3.63, 3.8) is 0 Å². The molecule has 0 aliphatic carbocycles. The lowest BCUT2D eigenvalue weighted by atomic mass is 9.93. The van der Waals surface area contributed by atoms with Crippen molar-refractivity contribution >= 4 is 0 Å². The van der Waals surface area contributed by atoms with Gasteiger partial charge in [-0.2, -0.15) is 0 Å². The van der Waals surface area contributed by atoms with Crippen LogP contribution < -0.4 is 0 Å². The maximum absolute atomic E-state index is 9.78. The molecule has 0 aliphatic heterocycles. The van der Waals surface area contributed by atoms with E-state index in [1.165, 1.54) is 0 Å². The number of aliphatic hydroxyl groups is 2. The van der Waals surface area contributed by atoms with Crippen LogP contribution in [-0.4, -0.2) is 22.9 Å². The van der Waals surface area contributed by atoms with Crippen molar-refractivity contribution in [2.75, 3.05) is 6.61 Å². The van der Waals surface area contributed by atoms with Gasteiger partial charge in [-0.25, -0.2) is 0 Å². The summed E-state index contributed by atoms with van der Waals surface area (Å²) in [7, 11) is 0. The quantitative estimate of drug-likeness (QED) is 0.622. The second-order valence-electron chi connectivity index (χ2n) is 4.95. The first kappa shape index (κ1) is 14.9. The number of rotatable bonds is 9. The third-order valence-electron chi connectivity index (χ3n) is 3.22. The van der Waals surface area contributed by atoms with Gasteiger partial charge in [0.25, 0.3) is 0 Å². The first-order valence-electron chi connectivity index (χ1n) is 6.39. The van der Waals surface area contributed by atoms with Crippen LogP contribution in [0, 0.1) is 11.8 Å². The van der Waals surface area contributed by atoms with Gasteiger partial charge in [-0.05, 0) is 43.9 Å². The molecule has 0 aromatic heterocycles. The Balaban J connectivity index is 3.47. The highest BCUT2D eigenvalue weighted by atomic mass is 16.3. The molecule has 0 amide bonds. The summed E-state index contributed by atoms with van der Waals surface area (Å²) in [5.74, 6) is 1.26. The average molecular weight is 216 g/mol. The second-order valence-corrected chi connectivity index (χ2v) is 4.95. The molecule has 0 bridgehead atoms. The normalized spacial score (nSPS) is 17.4. The van der Waals surface area contributed by atoms with E-state index < -0.39 is 0 Å². The number of aliphatic hydroxyl groups excluding tert-OH is 2. The molecule has 0 aromatic rings. The van der Waals surface area contributed by atoms with E-state index in [4.69, 9.17) is 5.11 Å². The van der Waals surface area contributed by atoms with Crippen LogP contribution in [0.15, 0.2) is 0 Å². The van der Waals surface area contributed by atoms with Crippen LogP contribution in [0.3, 0.4) is 0 Å². The summed E-state index contributed by atoms with van der Waals surface area (Å²) in [6, 6.07) is 0. The Morgan fingerprint density at radius 1 is 1.00 bits per heavy atom. The fraction of sp³-hybridized carbons (Fsp3) is 1.00. The van der Waals surface area contributed by atoms with Crippen LogP contribution >= 0.6 is 0 Å². The first-order valence-corrected chi connectivity index (χ1v) is 6.39. The van der Waals surface area contributed by atoms with Gasteiger partial charge in [0.05, 0.1) is 6.10 Å².